The average molecular weight is 277 g/mol. The molecule has 110 valence electrons. The van der Waals surface area contributed by atoms with Gasteiger partial charge in [0.2, 0.25) is 0 Å². The lowest BCUT2D eigenvalue weighted by molar-refractivity contribution is 0.180. The molecule has 2 aliphatic rings. The van der Waals surface area contributed by atoms with Crippen molar-refractivity contribution in [3.8, 4) is 5.75 Å². The smallest absolute Gasteiger partial charge is 0.126 e. The molecule has 2 nitrogen and oxygen atoms in total. The van der Waals surface area contributed by atoms with Crippen LogP contribution in [0.25, 0.3) is 0 Å². The zero-order chi connectivity index (χ0) is 14.3. The monoisotopic (exact) mass is 277 g/mol. The summed E-state index contributed by atoms with van der Waals surface area (Å²) in [5.74, 6) is 2.37. The van der Waals surface area contributed by atoms with E-state index in [4.69, 9.17) is 0 Å². The SMILES string of the molecule is CC(c1ccc(F)cc1O)N(C)CC1CC2CCC1C2. The molecule has 4 atom stereocenters. The van der Waals surface area contributed by atoms with Gasteiger partial charge in [0.25, 0.3) is 0 Å². The van der Waals surface area contributed by atoms with Crippen LogP contribution in [-0.4, -0.2) is 23.6 Å². The minimum Gasteiger partial charge on any atom is -0.508 e. The molecule has 3 heteroatoms. The largest absolute Gasteiger partial charge is 0.508 e. The van der Waals surface area contributed by atoms with Gasteiger partial charge < -0.3 is 5.11 Å². The van der Waals surface area contributed by atoms with Gasteiger partial charge in [-0.05, 0) is 57.1 Å². The normalized spacial score (nSPS) is 30.1. The number of aromatic hydroxyl groups is 1. The van der Waals surface area contributed by atoms with E-state index in [1.807, 2.05) is 0 Å². The van der Waals surface area contributed by atoms with E-state index in [1.54, 1.807) is 6.07 Å². The fraction of sp³-hybridized carbons (Fsp3) is 0.647. The number of phenols is 1. The standard InChI is InChI=1S/C17H24FNO/c1-11(16-6-5-15(18)9-17(16)20)19(2)10-14-8-12-3-4-13(14)7-12/h5-6,9,11-14,20H,3-4,7-8,10H2,1-2H3. The Morgan fingerprint density at radius 2 is 2.15 bits per heavy atom. The first kappa shape index (κ1) is 13.9. The highest BCUT2D eigenvalue weighted by Gasteiger charge is 2.40. The predicted octanol–water partition coefficient (Wildman–Crippen LogP) is 3.96. The van der Waals surface area contributed by atoms with Gasteiger partial charge in [-0.15, -0.1) is 0 Å². The third-order valence-electron chi connectivity index (χ3n) is 5.51. The summed E-state index contributed by atoms with van der Waals surface area (Å²) in [4.78, 5) is 2.30. The second kappa shape index (κ2) is 5.36. The van der Waals surface area contributed by atoms with Crippen molar-refractivity contribution in [3.05, 3.63) is 29.6 Å². The van der Waals surface area contributed by atoms with Crippen LogP contribution in [0.15, 0.2) is 18.2 Å². The predicted molar refractivity (Wildman–Crippen MR) is 78.0 cm³/mol. The van der Waals surface area contributed by atoms with Gasteiger partial charge in [-0.25, -0.2) is 4.39 Å². The van der Waals surface area contributed by atoms with E-state index in [-0.39, 0.29) is 17.6 Å². The Morgan fingerprint density at radius 1 is 1.35 bits per heavy atom. The Labute approximate surface area is 120 Å². The third-order valence-corrected chi connectivity index (χ3v) is 5.51. The molecule has 4 unspecified atom stereocenters. The zero-order valence-electron chi connectivity index (χ0n) is 12.3. The molecule has 0 radical (unpaired) electrons. The lowest BCUT2D eigenvalue weighted by Crippen LogP contribution is -2.31. The number of nitrogens with zero attached hydrogens (tertiary/aromatic N) is 1. The van der Waals surface area contributed by atoms with Crippen molar-refractivity contribution in [2.45, 2.75) is 38.6 Å². The molecular formula is C17H24FNO. The van der Waals surface area contributed by atoms with Gasteiger partial charge in [0.05, 0.1) is 0 Å². The number of rotatable bonds is 4. The Morgan fingerprint density at radius 3 is 2.75 bits per heavy atom. The van der Waals surface area contributed by atoms with Crippen LogP contribution >= 0.6 is 0 Å². The number of hydrogen-bond acceptors (Lipinski definition) is 2. The summed E-state index contributed by atoms with van der Waals surface area (Å²) in [7, 11) is 2.11. The molecule has 2 bridgehead atoms. The van der Waals surface area contributed by atoms with Gasteiger partial charge in [0.15, 0.2) is 0 Å². The van der Waals surface area contributed by atoms with Gasteiger partial charge in [-0.1, -0.05) is 12.5 Å². The van der Waals surface area contributed by atoms with Gasteiger partial charge in [-0.3, -0.25) is 4.90 Å². The Kier molecular flexibility index (Phi) is 3.72. The maximum absolute atomic E-state index is 13.1. The van der Waals surface area contributed by atoms with Gasteiger partial charge in [0.1, 0.15) is 11.6 Å². The summed E-state index contributed by atoms with van der Waals surface area (Å²) in [6.07, 6.45) is 5.63. The van der Waals surface area contributed by atoms with Crippen molar-refractivity contribution in [1.29, 1.82) is 0 Å². The molecule has 0 aliphatic heterocycles. The van der Waals surface area contributed by atoms with E-state index in [0.717, 1.165) is 29.9 Å². The lowest BCUT2D eigenvalue weighted by atomic mass is 9.88. The Hall–Kier alpha value is -1.09. The molecule has 1 aromatic carbocycles. The molecular weight excluding hydrogens is 253 g/mol. The Bertz CT molecular complexity index is 490. The maximum Gasteiger partial charge on any atom is 0.126 e. The summed E-state index contributed by atoms with van der Waals surface area (Å²) in [6.45, 7) is 3.17. The number of phenolic OH excluding ortho intramolecular Hbond substituents is 1. The summed E-state index contributed by atoms with van der Waals surface area (Å²) >= 11 is 0. The molecule has 1 aromatic rings. The van der Waals surface area contributed by atoms with Crippen LogP contribution in [0.2, 0.25) is 0 Å². The topological polar surface area (TPSA) is 23.5 Å². The van der Waals surface area contributed by atoms with E-state index in [2.05, 4.69) is 18.9 Å². The molecule has 3 rings (SSSR count). The first-order chi connectivity index (χ1) is 9.54. The third kappa shape index (κ3) is 2.56. The van der Waals surface area contributed by atoms with E-state index in [1.165, 1.54) is 37.8 Å². The van der Waals surface area contributed by atoms with E-state index >= 15 is 0 Å². The van der Waals surface area contributed by atoms with Crippen LogP contribution in [0, 0.1) is 23.6 Å². The van der Waals surface area contributed by atoms with Crippen molar-refractivity contribution in [3.63, 3.8) is 0 Å². The number of halogens is 1. The fourth-order valence-electron chi connectivity index (χ4n) is 4.24. The quantitative estimate of drug-likeness (QED) is 0.900. The lowest BCUT2D eigenvalue weighted by Gasteiger charge is -2.31. The van der Waals surface area contributed by atoms with Gasteiger partial charge >= 0.3 is 0 Å². The second-order valence-corrected chi connectivity index (χ2v) is 6.75. The summed E-state index contributed by atoms with van der Waals surface area (Å²) in [5, 5.41) is 9.91. The highest BCUT2D eigenvalue weighted by Crippen LogP contribution is 2.48. The van der Waals surface area contributed by atoms with Gasteiger partial charge in [-0.2, -0.15) is 0 Å². The molecule has 0 saturated heterocycles. The zero-order valence-corrected chi connectivity index (χ0v) is 12.3. The van der Waals surface area contributed by atoms with Crippen LogP contribution in [-0.2, 0) is 0 Å². The van der Waals surface area contributed by atoms with Gasteiger partial charge in [0, 0.05) is 24.2 Å². The van der Waals surface area contributed by atoms with E-state index in [0.29, 0.717) is 0 Å². The molecule has 2 fully saturated rings. The highest BCUT2D eigenvalue weighted by molar-refractivity contribution is 5.34. The van der Waals surface area contributed by atoms with Crippen LogP contribution in [0.4, 0.5) is 4.39 Å². The minimum absolute atomic E-state index is 0.0669. The Balaban J connectivity index is 1.65. The summed E-state index contributed by atoms with van der Waals surface area (Å²) < 4.78 is 13.1. The molecule has 0 aromatic heterocycles. The molecule has 20 heavy (non-hydrogen) atoms. The van der Waals surface area contributed by atoms with Crippen molar-refractivity contribution in [2.24, 2.45) is 17.8 Å². The van der Waals surface area contributed by atoms with Crippen LogP contribution in [0.3, 0.4) is 0 Å². The summed E-state index contributed by atoms with van der Waals surface area (Å²) in [6, 6.07) is 4.45. The minimum atomic E-state index is -0.380. The van der Waals surface area contributed by atoms with Crippen LogP contribution < -0.4 is 0 Å². The van der Waals surface area contributed by atoms with E-state index < -0.39 is 0 Å². The van der Waals surface area contributed by atoms with Crippen molar-refractivity contribution in [2.75, 3.05) is 13.6 Å². The first-order valence-corrected chi connectivity index (χ1v) is 7.73. The number of benzene rings is 1. The van der Waals surface area contributed by atoms with Crippen LogP contribution in [0.5, 0.6) is 5.75 Å². The molecule has 0 spiro atoms. The van der Waals surface area contributed by atoms with E-state index in [9.17, 15) is 9.50 Å². The van der Waals surface area contributed by atoms with Crippen molar-refractivity contribution >= 4 is 0 Å². The number of hydrogen-bond donors (Lipinski definition) is 1. The summed E-state index contributed by atoms with van der Waals surface area (Å²) in [5.41, 5.74) is 0.817. The average Bonchev–Trinajstić information content (AvgIpc) is 3.00. The molecule has 1 N–H and O–H groups in total. The molecule has 2 saturated carbocycles. The first-order valence-electron chi connectivity index (χ1n) is 7.73. The van der Waals surface area contributed by atoms with Crippen LogP contribution in [0.1, 0.15) is 44.2 Å². The number of fused-ring (bicyclic) bond motifs is 2. The molecule has 0 amide bonds. The van der Waals surface area contributed by atoms with Crippen molar-refractivity contribution < 1.29 is 9.50 Å². The van der Waals surface area contributed by atoms with Crippen molar-refractivity contribution in [1.82, 2.24) is 4.90 Å². The second-order valence-electron chi connectivity index (χ2n) is 6.75. The maximum atomic E-state index is 13.1. The molecule has 0 heterocycles. The molecule has 2 aliphatic carbocycles. The fourth-order valence-corrected chi connectivity index (χ4v) is 4.24. The highest BCUT2D eigenvalue weighted by atomic mass is 19.1.